The van der Waals surface area contributed by atoms with Crippen molar-refractivity contribution in [2.45, 2.75) is 13.0 Å². The molecule has 7 heteroatoms. The van der Waals surface area contributed by atoms with Gasteiger partial charge in [0.2, 0.25) is 5.91 Å². The van der Waals surface area contributed by atoms with Crippen molar-refractivity contribution < 1.29 is 9.53 Å². The number of hydrogen-bond donors (Lipinski definition) is 1. The molecule has 2 N–H and O–H groups in total. The highest BCUT2D eigenvalue weighted by atomic mass is 16.5. The molecule has 0 radical (unpaired) electrons. The van der Waals surface area contributed by atoms with Gasteiger partial charge in [0.05, 0.1) is 11.9 Å². The van der Waals surface area contributed by atoms with Crippen LogP contribution in [0.15, 0.2) is 48.8 Å². The van der Waals surface area contributed by atoms with E-state index in [2.05, 4.69) is 15.3 Å². The molecule has 24 heavy (non-hydrogen) atoms. The summed E-state index contributed by atoms with van der Waals surface area (Å²) in [5.41, 5.74) is 7.82. The third-order valence-corrected chi connectivity index (χ3v) is 3.55. The Morgan fingerprint density at radius 2 is 2.12 bits per heavy atom. The van der Waals surface area contributed by atoms with Gasteiger partial charge in [0.25, 0.3) is 0 Å². The highest BCUT2D eigenvalue weighted by Crippen LogP contribution is 2.32. The van der Waals surface area contributed by atoms with Crippen molar-refractivity contribution >= 4 is 5.91 Å². The van der Waals surface area contributed by atoms with E-state index in [0.29, 0.717) is 22.6 Å². The lowest BCUT2D eigenvalue weighted by molar-refractivity contribution is 0.100. The van der Waals surface area contributed by atoms with Gasteiger partial charge in [-0.25, -0.2) is 0 Å². The molecule has 2 aromatic heterocycles. The summed E-state index contributed by atoms with van der Waals surface area (Å²) in [4.78, 5) is 15.8. The van der Waals surface area contributed by atoms with E-state index >= 15 is 0 Å². The number of carbonyl (C=O) groups is 1. The zero-order valence-electron chi connectivity index (χ0n) is 13.4. The smallest absolute Gasteiger partial charge is 0.248 e. The molecule has 1 aromatic carbocycles. The van der Waals surface area contributed by atoms with Gasteiger partial charge < -0.3 is 10.5 Å². The van der Waals surface area contributed by atoms with Crippen LogP contribution < -0.4 is 10.5 Å². The maximum absolute atomic E-state index is 11.5. The van der Waals surface area contributed by atoms with Gasteiger partial charge in [-0.3, -0.25) is 14.5 Å². The maximum atomic E-state index is 11.5. The van der Waals surface area contributed by atoms with Crippen LogP contribution in [0.3, 0.4) is 0 Å². The van der Waals surface area contributed by atoms with Gasteiger partial charge in [-0.1, -0.05) is 11.3 Å². The standard InChI is InChI=1S/C17H17N5O2/c1-11(14-5-3-4-8-19-14)24-16-7-6-12(17(18)23)9-13(16)15-10-22(2)21-20-15/h3-11H,1-2H3,(H2,18,23)/t11-/m0/s1. The fourth-order valence-corrected chi connectivity index (χ4v) is 2.32. The molecule has 0 saturated carbocycles. The molecule has 3 aromatic rings. The van der Waals surface area contributed by atoms with E-state index in [-0.39, 0.29) is 6.10 Å². The Morgan fingerprint density at radius 1 is 1.29 bits per heavy atom. The molecule has 0 saturated heterocycles. The number of nitrogens with two attached hydrogens (primary N) is 1. The van der Waals surface area contributed by atoms with Crippen LogP contribution in [-0.2, 0) is 7.05 Å². The van der Waals surface area contributed by atoms with Gasteiger partial charge >= 0.3 is 0 Å². The lowest BCUT2D eigenvalue weighted by atomic mass is 10.1. The Balaban J connectivity index is 1.99. The van der Waals surface area contributed by atoms with E-state index in [0.717, 1.165) is 5.69 Å². The minimum atomic E-state index is -0.510. The number of nitrogens with zero attached hydrogens (tertiary/aromatic N) is 4. The van der Waals surface area contributed by atoms with E-state index < -0.39 is 5.91 Å². The first kappa shape index (κ1) is 15.7. The molecule has 0 spiro atoms. The first-order valence-corrected chi connectivity index (χ1v) is 7.42. The average Bonchev–Trinajstić information content (AvgIpc) is 3.02. The van der Waals surface area contributed by atoms with Gasteiger partial charge in [-0.2, -0.15) is 0 Å². The Morgan fingerprint density at radius 3 is 2.75 bits per heavy atom. The van der Waals surface area contributed by atoms with Crippen LogP contribution in [0.25, 0.3) is 11.3 Å². The molecule has 0 aliphatic heterocycles. The summed E-state index contributed by atoms with van der Waals surface area (Å²) in [5, 5.41) is 8.02. The van der Waals surface area contributed by atoms with Crippen molar-refractivity contribution in [1.29, 1.82) is 0 Å². The number of primary amides is 1. The van der Waals surface area contributed by atoms with Gasteiger partial charge in [0, 0.05) is 24.4 Å². The Bertz CT molecular complexity index is 860. The number of rotatable bonds is 5. The SMILES string of the molecule is C[C@H](Oc1ccc(C(N)=O)cc1-c1cn(C)nn1)c1ccccn1. The molecule has 0 aliphatic rings. The number of pyridine rings is 1. The molecule has 0 aliphatic carbocycles. The van der Waals surface area contributed by atoms with Gasteiger partial charge in [0.15, 0.2) is 0 Å². The fourth-order valence-electron chi connectivity index (χ4n) is 2.32. The summed E-state index contributed by atoms with van der Waals surface area (Å²) < 4.78 is 7.62. The van der Waals surface area contributed by atoms with Gasteiger partial charge in [-0.05, 0) is 37.3 Å². The Hall–Kier alpha value is -3.22. The normalized spacial score (nSPS) is 11.9. The number of benzene rings is 1. The first-order chi connectivity index (χ1) is 11.5. The second-order valence-electron chi connectivity index (χ2n) is 5.37. The third-order valence-electron chi connectivity index (χ3n) is 3.55. The molecule has 1 amide bonds. The van der Waals surface area contributed by atoms with Crippen LogP contribution in [0.2, 0.25) is 0 Å². The molecule has 1 atom stereocenters. The Labute approximate surface area is 139 Å². The lowest BCUT2D eigenvalue weighted by Crippen LogP contribution is -2.11. The minimum absolute atomic E-state index is 0.263. The number of aryl methyl sites for hydroxylation is 1. The number of ether oxygens (including phenoxy) is 1. The first-order valence-electron chi connectivity index (χ1n) is 7.42. The number of carbonyl (C=O) groups excluding carboxylic acids is 1. The predicted molar refractivity (Wildman–Crippen MR) is 88.2 cm³/mol. The molecule has 3 rings (SSSR count). The summed E-state index contributed by atoms with van der Waals surface area (Å²) in [6.45, 7) is 1.91. The molecule has 0 unspecified atom stereocenters. The zero-order valence-corrected chi connectivity index (χ0v) is 13.4. The maximum Gasteiger partial charge on any atom is 0.248 e. The van der Waals surface area contributed by atoms with Crippen molar-refractivity contribution in [1.82, 2.24) is 20.0 Å². The van der Waals surface area contributed by atoms with E-state index in [1.165, 1.54) is 0 Å². The number of amides is 1. The van der Waals surface area contributed by atoms with Crippen molar-refractivity contribution in [2.24, 2.45) is 12.8 Å². The quantitative estimate of drug-likeness (QED) is 0.776. The Kier molecular flexibility index (Phi) is 4.24. The van der Waals surface area contributed by atoms with E-state index in [9.17, 15) is 4.79 Å². The predicted octanol–water partition coefficient (Wildman–Crippen LogP) is 2.12. The molecule has 0 bridgehead atoms. The van der Waals surface area contributed by atoms with E-state index in [4.69, 9.17) is 10.5 Å². The van der Waals surface area contributed by atoms with Crippen molar-refractivity contribution in [2.75, 3.05) is 0 Å². The van der Waals surface area contributed by atoms with Crippen LogP contribution in [0.1, 0.15) is 29.1 Å². The van der Waals surface area contributed by atoms with Crippen molar-refractivity contribution in [3.8, 4) is 17.0 Å². The summed E-state index contributed by atoms with van der Waals surface area (Å²) in [6.07, 6.45) is 3.20. The van der Waals surface area contributed by atoms with Crippen LogP contribution in [0.4, 0.5) is 0 Å². The molecule has 7 nitrogen and oxygen atoms in total. The van der Waals surface area contributed by atoms with Crippen molar-refractivity contribution in [3.63, 3.8) is 0 Å². The highest BCUT2D eigenvalue weighted by molar-refractivity contribution is 5.94. The third kappa shape index (κ3) is 3.24. The lowest BCUT2D eigenvalue weighted by Gasteiger charge is -2.17. The van der Waals surface area contributed by atoms with E-state index in [1.54, 1.807) is 42.3 Å². The summed E-state index contributed by atoms with van der Waals surface area (Å²) >= 11 is 0. The second kappa shape index (κ2) is 6.49. The number of aromatic nitrogens is 4. The largest absolute Gasteiger partial charge is 0.484 e. The summed E-state index contributed by atoms with van der Waals surface area (Å²) in [6, 6.07) is 10.6. The van der Waals surface area contributed by atoms with E-state index in [1.807, 2.05) is 25.1 Å². The second-order valence-corrected chi connectivity index (χ2v) is 5.37. The van der Waals surface area contributed by atoms with Gasteiger partial charge in [0.1, 0.15) is 17.5 Å². The molecular formula is C17H17N5O2. The van der Waals surface area contributed by atoms with Crippen LogP contribution >= 0.6 is 0 Å². The fraction of sp³-hybridized carbons (Fsp3) is 0.176. The minimum Gasteiger partial charge on any atom is -0.484 e. The molecular weight excluding hydrogens is 306 g/mol. The van der Waals surface area contributed by atoms with Crippen molar-refractivity contribution in [3.05, 3.63) is 60.0 Å². The van der Waals surface area contributed by atoms with Crippen LogP contribution in [-0.4, -0.2) is 25.9 Å². The number of hydrogen-bond acceptors (Lipinski definition) is 5. The average molecular weight is 323 g/mol. The molecule has 0 fully saturated rings. The molecule has 122 valence electrons. The summed E-state index contributed by atoms with van der Waals surface area (Å²) in [7, 11) is 1.77. The highest BCUT2D eigenvalue weighted by Gasteiger charge is 2.16. The monoisotopic (exact) mass is 323 g/mol. The van der Waals surface area contributed by atoms with Gasteiger partial charge in [-0.15, -0.1) is 5.10 Å². The van der Waals surface area contributed by atoms with Crippen LogP contribution in [0.5, 0.6) is 5.75 Å². The zero-order chi connectivity index (χ0) is 17.1. The molecule has 2 heterocycles. The summed E-state index contributed by atoms with van der Waals surface area (Å²) in [5.74, 6) is 0.0723. The topological polar surface area (TPSA) is 95.9 Å². The van der Waals surface area contributed by atoms with Crippen LogP contribution in [0, 0.1) is 0 Å².